The van der Waals surface area contributed by atoms with Crippen LogP contribution in [0, 0.1) is 0 Å². The molecule has 150 valence electrons. The highest BCUT2D eigenvalue weighted by Crippen LogP contribution is 2.24. The number of ether oxygens (including phenoxy) is 4. The first-order chi connectivity index (χ1) is 12.7. The first-order valence-corrected chi connectivity index (χ1v) is 9.07. The van der Waals surface area contributed by atoms with E-state index in [0.717, 1.165) is 19.4 Å². The first kappa shape index (κ1) is 21.2. The van der Waals surface area contributed by atoms with Crippen LogP contribution in [-0.2, 0) is 19.0 Å². The molecule has 7 nitrogen and oxygen atoms in total. The van der Waals surface area contributed by atoms with Crippen molar-refractivity contribution in [2.24, 2.45) is 0 Å². The van der Waals surface area contributed by atoms with E-state index in [1.54, 1.807) is 24.3 Å². The van der Waals surface area contributed by atoms with Gasteiger partial charge in [0, 0.05) is 19.7 Å². The van der Waals surface area contributed by atoms with E-state index in [1.807, 2.05) is 25.7 Å². The Labute approximate surface area is 160 Å². The molecule has 1 unspecified atom stereocenters. The van der Waals surface area contributed by atoms with E-state index in [9.17, 15) is 9.59 Å². The molecule has 0 spiro atoms. The number of carbonyl (C=O) groups excluding carboxylic acids is 2. The van der Waals surface area contributed by atoms with Gasteiger partial charge in [0.25, 0.3) is 0 Å². The molecule has 0 amide bonds. The van der Waals surface area contributed by atoms with Gasteiger partial charge in [-0.1, -0.05) is 0 Å². The third-order valence-electron chi connectivity index (χ3n) is 4.27. The van der Waals surface area contributed by atoms with Crippen LogP contribution in [0.1, 0.15) is 44.0 Å². The average Bonchev–Trinajstić information content (AvgIpc) is 3.07. The lowest BCUT2D eigenvalue weighted by Gasteiger charge is -2.32. The predicted octanol–water partition coefficient (Wildman–Crippen LogP) is 2.63. The van der Waals surface area contributed by atoms with Crippen molar-refractivity contribution in [2.75, 3.05) is 27.4 Å². The molecule has 0 aromatic heterocycles. The molecular weight excluding hydrogens is 350 g/mol. The van der Waals surface area contributed by atoms with E-state index < -0.39 is 11.8 Å². The third-order valence-corrected chi connectivity index (χ3v) is 4.27. The van der Waals surface area contributed by atoms with E-state index in [4.69, 9.17) is 14.2 Å². The molecule has 1 aromatic rings. The van der Waals surface area contributed by atoms with Gasteiger partial charge in [-0.25, -0.2) is 9.59 Å². The van der Waals surface area contributed by atoms with Gasteiger partial charge in [0.2, 0.25) is 6.23 Å². The van der Waals surface area contributed by atoms with Gasteiger partial charge in [0.15, 0.2) is 0 Å². The van der Waals surface area contributed by atoms with Crippen LogP contribution >= 0.6 is 0 Å². The van der Waals surface area contributed by atoms with E-state index >= 15 is 0 Å². The van der Waals surface area contributed by atoms with Crippen molar-refractivity contribution in [1.82, 2.24) is 4.90 Å². The lowest BCUT2D eigenvalue weighted by molar-refractivity contribution is -0.180. The Balaban J connectivity index is 1.97. The molecule has 0 radical (unpaired) electrons. The second-order valence-electron chi connectivity index (χ2n) is 7.48. The summed E-state index contributed by atoms with van der Waals surface area (Å²) in [4.78, 5) is 25.9. The summed E-state index contributed by atoms with van der Waals surface area (Å²) in [5.41, 5.74) is -0.0993. The number of hydrogen-bond acceptors (Lipinski definition) is 7. The van der Waals surface area contributed by atoms with Gasteiger partial charge in [-0.3, -0.25) is 4.90 Å². The van der Waals surface area contributed by atoms with Crippen molar-refractivity contribution >= 4 is 11.9 Å². The molecule has 7 heteroatoms. The van der Waals surface area contributed by atoms with Crippen LogP contribution in [0.25, 0.3) is 0 Å². The van der Waals surface area contributed by atoms with Crippen LogP contribution in [0.15, 0.2) is 24.3 Å². The molecule has 1 saturated heterocycles. The molecule has 2 atom stereocenters. The highest BCUT2D eigenvalue weighted by atomic mass is 16.6. The third kappa shape index (κ3) is 5.94. The van der Waals surface area contributed by atoms with Crippen molar-refractivity contribution < 1.29 is 28.5 Å². The fourth-order valence-electron chi connectivity index (χ4n) is 3.06. The Morgan fingerprint density at radius 1 is 1.19 bits per heavy atom. The fourth-order valence-corrected chi connectivity index (χ4v) is 3.06. The Bertz CT molecular complexity index is 637. The predicted molar refractivity (Wildman–Crippen MR) is 99.6 cm³/mol. The summed E-state index contributed by atoms with van der Waals surface area (Å²) in [6.07, 6.45) is 1.11. The number of likely N-dealkylation sites (tertiary alicyclic amines) is 1. The molecule has 1 aliphatic heterocycles. The van der Waals surface area contributed by atoms with Crippen LogP contribution in [-0.4, -0.2) is 62.1 Å². The topological polar surface area (TPSA) is 74.3 Å². The highest BCUT2D eigenvalue weighted by Gasteiger charge is 2.37. The molecule has 1 fully saturated rings. The zero-order chi connectivity index (χ0) is 20.0. The summed E-state index contributed by atoms with van der Waals surface area (Å²) in [6.45, 7) is 6.66. The monoisotopic (exact) mass is 379 g/mol. The lowest BCUT2D eigenvalue weighted by Crippen LogP contribution is -2.49. The summed E-state index contributed by atoms with van der Waals surface area (Å²) >= 11 is 0. The van der Waals surface area contributed by atoms with Crippen molar-refractivity contribution in [3.8, 4) is 5.75 Å². The number of hydrogen-bond donors (Lipinski definition) is 0. The van der Waals surface area contributed by atoms with E-state index in [2.05, 4.69) is 4.74 Å². The highest BCUT2D eigenvalue weighted by molar-refractivity contribution is 5.89. The summed E-state index contributed by atoms with van der Waals surface area (Å²) in [5.74, 6) is -0.121. The van der Waals surface area contributed by atoms with Gasteiger partial charge in [-0.15, -0.1) is 0 Å². The molecule has 27 heavy (non-hydrogen) atoms. The second kappa shape index (κ2) is 9.19. The first-order valence-electron chi connectivity index (χ1n) is 9.07. The molecule has 2 rings (SSSR count). The van der Waals surface area contributed by atoms with Crippen LogP contribution in [0.4, 0.5) is 0 Å². The standard InChI is InChI=1S/C20H29NO6/c1-20(2,3)27-19(23)17(24-4)21-12-6-7-15(21)13-26-16-10-8-14(9-11-16)18(22)25-5/h8-11,15,17H,6-7,12-13H2,1-5H3/t15-,17?/m0/s1. The molecule has 1 aliphatic rings. The molecule has 0 bridgehead atoms. The van der Waals surface area contributed by atoms with Crippen molar-refractivity contribution in [3.63, 3.8) is 0 Å². The fraction of sp³-hybridized carbons (Fsp3) is 0.600. The molecular formula is C20H29NO6. The Morgan fingerprint density at radius 2 is 1.85 bits per heavy atom. The minimum atomic E-state index is -0.748. The van der Waals surface area contributed by atoms with E-state index in [0.29, 0.717) is 17.9 Å². The summed E-state index contributed by atoms with van der Waals surface area (Å²) in [5, 5.41) is 0. The molecule has 0 N–H and O–H groups in total. The van der Waals surface area contributed by atoms with Crippen LogP contribution < -0.4 is 4.74 Å². The summed E-state index contributed by atoms with van der Waals surface area (Å²) in [7, 11) is 2.86. The van der Waals surface area contributed by atoms with Crippen molar-refractivity contribution in [3.05, 3.63) is 29.8 Å². The van der Waals surface area contributed by atoms with Crippen LogP contribution in [0.5, 0.6) is 5.75 Å². The zero-order valence-corrected chi connectivity index (χ0v) is 16.7. The van der Waals surface area contributed by atoms with Gasteiger partial charge in [0.1, 0.15) is 18.0 Å². The number of nitrogens with zero attached hydrogens (tertiary/aromatic N) is 1. The van der Waals surface area contributed by atoms with E-state index in [-0.39, 0.29) is 18.0 Å². The Kier molecular flexibility index (Phi) is 7.21. The molecule has 0 aliphatic carbocycles. The number of benzene rings is 1. The summed E-state index contributed by atoms with van der Waals surface area (Å²) < 4.78 is 21.4. The average molecular weight is 379 g/mol. The lowest BCUT2D eigenvalue weighted by atomic mass is 10.2. The number of esters is 2. The maximum absolute atomic E-state index is 12.5. The number of methoxy groups -OCH3 is 2. The Morgan fingerprint density at radius 3 is 2.41 bits per heavy atom. The largest absolute Gasteiger partial charge is 0.492 e. The van der Waals surface area contributed by atoms with E-state index in [1.165, 1.54) is 14.2 Å². The maximum atomic E-state index is 12.5. The van der Waals surface area contributed by atoms with Crippen molar-refractivity contribution in [2.45, 2.75) is 51.5 Å². The maximum Gasteiger partial charge on any atom is 0.351 e. The zero-order valence-electron chi connectivity index (χ0n) is 16.7. The minimum absolute atomic E-state index is 0.0442. The van der Waals surface area contributed by atoms with Gasteiger partial charge < -0.3 is 18.9 Å². The second-order valence-corrected chi connectivity index (χ2v) is 7.48. The summed E-state index contributed by atoms with van der Waals surface area (Å²) in [6, 6.07) is 6.82. The van der Waals surface area contributed by atoms with Gasteiger partial charge >= 0.3 is 11.9 Å². The van der Waals surface area contributed by atoms with Crippen LogP contribution in [0.3, 0.4) is 0 Å². The minimum Gasteiger partial charge on any atom is -0.492 e. The van der Waals surface area contributed by atoms with Crippen molar-refractivity contribution in [1.29, 1.82) is 0 Å². The van der Waals surface area contributed by atoms with Gasteiger partial charge in [0.05, 0.1) is 12.7 Å². The smallest absolute Gasteiger partial charge is 0.351 e. The molecule has 1 heterocycles. The van der Waals surface area contributed by atoms with Gasteiger partial charge in [-0.2, -0.15) is 0 Å². The van der Waals surface area contributed by atoms with Crippen LogP contribution in [0.2, 0.25) is 0 Å². The Hall–Kier alpha value is -2.12. The number of rotatable bonds is 7. The molecule has 0 saturated carbocycles. The number of carbonyl (C=O) groups is 2. The van der Waals surface area contributed by atoms with Gasteiger partial charge in [-0.05, 0) is 57.9 Å². The normalized spacial score (nSPS) is 18.8. The molecule has 1 aromatic carbocycles. The quantitative estimate of drug-likeness (QED) is 0.674. The SMILES string of the molecule is COC(=O)c1ccc(OC[C@@H]2CCCN2C(OC)C(=O)OC(C)(C)C)cc1.